The second-order valence-corrected chi connectivity index (χ2v) is 7.28. The first-order valence-electron chi connectivity index (χ1n) is 8.71. The van der Waals surface area contributed by atoms with Crippen LogP contribution in [0.3, 0.4) is 0 Å². The maximum absolute atomic E-state index is 12.3. The summed E-state index contributed by atoms with van der Waals surface area (Å²) in [5.41, 5.74) is 1.88. The van der Waals surface area contributed by atoms with E-state index in [1.807, 2.05) is 36.4 Å². The van der Waals surface area contributed by atoms with Gasteiger partial charge in [-0.1, -0.05) is 42.5 Å². The van der Waals surface area contributed by atoms with Gasteiger partial charge in [0.2, 0.25) is 11.8 Å². The van der Waals surface area contributed by atoms with Crippen molar-refractivity contribution in [2.24, 2.45) is 0 Å². The maximum Gasteiger partial charge on any atom is 0.243 e. The summed E-state index contributed by atoms with van der Waals surface area (Å²) in [6.45, 7) is 1.02. The highest BCUT2D eigenvalue weighted by molar-refractivity contribution is 9.10. The normalized spacial score (nSPS) is 13.5. The van der Waals surface area contributed by atoms with E-state index in [1.54, 1.807) is 6.07 Å². The van der Waals surface area contributed by atoms with Crippen molar-refractivity contribution < 1.29 is 9.59 Å². The molecule has 0 bridgehead atoms. The average molecular weight is 416 g/mol. The fourth-order valence-electron chi connectivity index (χ4n) is 2.75. The van der Waals surface area contributed by atoms with Gasteiger partial charge < -0.3 is 10.6 Å². The van der Waals surface area contributed by atoms with E-state index in [1.165, 1.54) is 5.56 Å². The van der Waals surface area contributed by atoms with Crippen LogP contribution < -0.4 is 10.6 Å². The summed E-state index contributed by atoms with van der Waals surface area (Å²) in [6.07, 6.45) is 2.26. The molecule has 26 heavy (non-hydrogen) atoms. The number of nitrogens with one attached hydrogen (secondary N) is 2. The van der Waals surface area contributed by atoms with Crippen molar-refractivity contribution in [1.29, 1.82) is 0 Å². The lowest BCUT2D eigenvalue weighted by atomic mass is 10.2. The van der Waals surface area contributed by atoms with Gasteiger partial charge in [0.05, 0.1) is 18.8 Å². The molecule has 0 unspecified atom stereocenters. The molecule has 6 heteroatoms. The van der Waals surface area contributed by atoms with Crippen LogP contribution in [-0.4, -0.2) is 35.8 Å². The molecule has 1 aliphatic rings. The minimum atomic E-state index is -0.244. The van der Waals surface area contributed by atoms with E-state index in [-0.39, 0.29) is 18.4 Å². The van der Waals surface area contributed by atoms with E-state index in [2.05, 4.69) is 43.6 Å². The standard InChI is InChI=1S/C20H22BrN3O2/c21-17-8-4-5-9-18(17)23-19(25)12-22-20(26)14-24(16-10-11-16)13-15-6-2-1-3-7-15/h1-9,16H,10-14H2,(H,22,26)(H,23,25). The topological polar surface area (TPSA) is 61.4 Å². The lowest BCUT2D eigenvalue weighted by Crippen LogP contribution is -2.41. The molecule has 2 aromatic carbocycles. The third-order valence-corrected chi connectivity index (χ3v) is 4.92. The zero-order valence-electron chi connectivity index (χ0n) is 14.5. The molecule has 5 nitrogen and oxygen atoms in total. The Labute approximate surface area is 161 Å². The first-order chi connectivity index (χ1) is 12.6. The van der Waals surface area contributed by atoms with Gasteiger partial charge in [0.15, 0.2) is 0 Å². The molecule has 136 valence electrons. The van der Waals surface area contributed by atoms with Crippen molar-refractivity contribution in [1.82, 2.24) is 10.2 Å². The van der Waals surface area contributed by atoms with Gasteiger partial charge in [-0.25, -0.2) is 0 Å². The summed E-state index contributed by atoms with van der Waals surface area (Å²) in [5.74, 6) is -0.374. The van der Waals surface area contributed by atoms with E-state index in [0.29, 0.717) is 18.3 Å². The second kappa shape index (κ2) is 8.96. The zero-order valence-corrected chi connectivity index (χ0v) is 16.0. The number of anilines is 1. The van der Waals surface area contributed by atoms with Gasteiger partial charge >= 0.3 is 0 Å². The highest BCUT2D eigenvalue weighted by Crippen LogP contribution is 2.28. The van der Waals surface area contributed by atoms with Gasteiger partial charge in [-0.05, 0) is 46.5 Å². The number of carbonyl (C=O) groups is 2. The summed E-state index contributed by atoms with van der Waals surface area (Å²) in [7, 11) is 0. The van der Waals surface area contributed by atoms with Crippen LogP contribution in [0.5, 0.6) is 0 Å². The lowest BCUT2D eigenvalue weighted by molar-refractivity contribution is -0.125. The fraction of sp³-hybridized carbons (Fsp3) is 0.300. The second-order valence-electron chi connectivity index (χ2n) is 6.43. The highest BCUT2D eigenvalue weighted by Gasteiger charge is 2.30. The lowest BCUT2D eigenvalue weighted by Gasteiger charge is -2.21. The predicted molar refractivity (Wildman–Crippen MR) is 106 cm³/mol. The summed E-state index contributed by atoms with van der Waals surface area (Å²) >= 11 is 3.38. The van der Waals surface area contributed by atoms with Gasteiger partial charge in [-0.2, -0.15) is 0 Å². The number of benzene rings is 2. The molecule has 0 aromatic heterocycles. The van der Waals surface area contributed by atoms with Gasteiger partial charge in [-0.3, -0.25) is 14.5 Å². The van der Waals surface area contributed by atoms with Crippen LogP contribution in [0, 0.1) is 0 Å². The summed E-state index contributed by atoms with van der Waals surface area (Å²) in [5, 5.41) is 5.49. The third-order valence-electron chi connectivity index (χ3n) is 4.23. The van der Waals surface area contributed by atoms with Crippen molar-refractivity contribution in [3.05, 3.63) is 64.6 Å². The highest BCUT2D eigenvalue weighted by atomic mass is 79.9. The third kappa shape index (κ3) is 5.68. The first-order valence-corrected chi connectivity index (χ1v) is 9.50. The van der Waals surface area contributed by atoms with E-state index in [9.17, 15) is 9.59 Å². The largest absolute Gasteiger partial charge is 0.346 e. The number of rotatable bonds is 8. The van der Waals surface area contributed by atoms with Gasteiger partial charge in [0.1, 0.15) is 0 Å². The maximum atomic E-state index is 12.3. The van der Waals surface area contributed by atoms with Gasteiger partial charge in [0, 0.05) is 17.1 Å². The Kier molecular flexibility index (Phi) is 6.41. The molecule has 3 rings (SSSR count). The number of halogens is 1. The number of nitrogens with zero attached hydrogens (tertiary/aromatic N) is 1. The molecule has 0 atom stereocenters. The molecule has 1 fully saturated rings. The van der Waals surface area contributed by atoms with Crippen LogP contribution in [0.2, 0.25) is 0 Å². The van der Waals surface area contributed by atoms with Crippen molar-refractivity contribution in [3.8, 4) is 0 Å². The Bertz CT molecular complexity index is 763. The minimum absolute atomic E-state index is 0.0377. The predicted octanol–water partition coefficient (Wildman–Crippen LogP) is 3.17. The summed E-state index contributed by atoms with van der Waals surface area (Å²) < 4.78 is 0.808. The number of hydrogen-bond acceptors (Lipinski definition) is 3. The molecule has 0 aliphatic heterocycles. The van der Waals surface area contributed by atoms with E-state index in [0.717, 1.165) is 23.9 Å². The van der Waals surface area contributed by atoms with Crippen LogP contribution in [0.15, 0.2) is 59.1 Å². The average Bonchev–Trinajstić information content (AvgIpc) is 3.47. The minimum Gasteiger partial charge on any atom is -0.346 e. The molecular formula is C20H22BrN3O2. The van der Waals surface area contributed by atoms with Crippen LogP contribution >= 0.6 is 15.9 Å². The molecule has 0 heterocycles. The Morgan fingerprint density at radius 2 is 1.69 bits per heavy atom. The molecule has 0 spiro atoms. The summed E-state index contributed by atoms with van der Waals surface area (Å²) in [4.78, 5) is 26.5. The van der Waals surface area contributed by atoms with E-state index in [4.69, 9.17) is 0 Å². The van der Waals surface area contributed by atoms with E-state index < -0.39 is 0 Å². The Morgan fingerprint density at radius 1 is 1.00 bits per heavy atom. The monoisotopic (exact) mass is 415 g/mol. The van der Waals surface area contributed by atoms with Crippen LogP contribution in [-0.2, 0) is 16.1 Å². The quantitative estimate of drug-likeness (QED) is 0.695. The molecule has 2 N–H and O–H groups in total. The van der Waals surface area contributed by atoms with Gasteiger partial charge in [0.25, 0.3) is 0 Å². The molecule has 1 saturated carbocycles. The first kappa shape index (κ1) is 18.6. The SMILES string of the molecule is O=C(CN(Cc1ccccc1)C1CC1)NCC(=O)Nc1ccccc1Br. The smallest absolute Gasteiger partial charge is 0.243 e. The fourth-order valence-corrected chi connectivity index (χ4v) is 3.13. The Balaban J connectivity index is 1.46. The van der Waals surface area contributed by atoms with Crippen molar-refractivity contribution in [2.75, 3.05) is 18.4 Å². The van der Waals surface area contributed by atoms with Crippen molar-refractivity contribution in [3.63, 3.8) is 0 Å². The Morgan fingerprint density at radius 3 is 2.38 bits per heavy atom. The van der Waals surface area contributed by atoms with Gasteiger partial charge in [-0.15, -0.1) is 0 Å². The molecule has 2 aromatic rings. The molecule has 0 saturated heterocycles. The zero-order chi connectivity index (χ0) is 18.4. The Hall–Kier alpha value is -2.18. The number of carbonyl (C=O) groups excluding carboxylic acids is 2. The van der Waals surface area contributed by atoms with Crippen molar-refractivity contribution in [2.45, 2.75) is 25.4 Å². The molecular weight excluding hydrogens is 394 g/mol. The van der Waals surface area contributed by atoms with Crippen LogP contribution in [0.25, 0.3) is 0 Å². The van der Waals surface area contributed by atoms with Crippen LogP contribution in [0.1, 0.15) is 18.4 Å². The number of amides is 2. The molecule has 2 amide bonds. The van der Waals surface area contributed by atoms with Crippen LogP contribution in [0.4, 0.5) is 5.69 Å². The van der Waals surface area contributed by atoms with E-state index >= 15 is 0 Å². The van der Waals surface area contributed by atoms with Crippen molar-refractivity contribution >= 4 is 33.4 Å². The summed E-state index contributed by atoms with van der Waals surface area (Å²) in [6, 6.07) is 18.0. The number of hydrogen-bond donors (Lipinski definition) is 2. The molecule has 0 radical (unpaired) electrons. The number of para-hydroxylation sites is 1. The molecule has 1 aliphatic carbocycles.